The van der Waals surface area contributed by atoms with Gasteiger partial charge in [-0.1, -0.05) is 0 Å². The molecule has 0 spiro atoms. The molecule has 1 fully saturated rings. The van der Waals surface area contributed by atoms with Crippen LogP contribution < -0.4 is 10.2 Å². The zero-order valence-corrected chi connectivity index (χ0v) is 20.4. The molecule has 2 unspecified atom stereocenters. The normalized spacial score (nSPS) is 18.1. The second kappa shape index (κ2) is 8.74. The SMILES string of the molecule is Cc1cnc2c(C(=O)Nc3cc(F)c4nc(C)cn4c3)ccc(N3CC(C)N(C(=O)O)C(C)C3)c2n1. The third-order valence-corrected chi connectivity index (χ3v) is 6.41. The summed E-state index contributed by atoms with van der Waals surface area (Å²) in [6.45, 7) is 8.29. The topological polar surface area (TPSA) is 116 Å². The Morgan fingerprint density at radius 1 is 1.06 bits per heavy atom. The summed E-state index contributed by atoms with van der Waals surface area (Å²) in [6.07, 6.45) is 3.94. The van der Waals surface area contributed by atoms with Crippen molar-refractivity contribution >= 4 is 40.1 Å². The number of piperazine rings is 1. The molecule has 2 atom stereocenters. The Labute approximate surface area is 206 Å². The minimum absolute atomic E-state index is 0.188. The molecule has 36 heavy (non-hydrogen) atoms. The van der Waals surface area contributed by atoms with Gasteiger partial charge in [-0.15, -0.1) is 0 Å². The van der Waals surface area contributed by atoms with E-state index in [1.807, 2.05) is 26.8 Å². The summed E-state index contributed by atoms with van der Waals surface area (Å²) in [5.74, 6) is -0.988. The van der Waals surface area contributed by atoms with Crippen molar-refractivity contribution in [3.8, 4) is 0 Å². The highest BCUT2D eigenvalue weighted by Gasteiger charge is 2.34. The molecule has 4 aromatic rings. The number of halogens is 1. The molecule has 0 bridgehead atoms. The first-order valence-corrected chi connectivity index (χ1v) is 11.6. The van der Waals surface area contributed by atoms with Gasteiger partial charge in [0, 0.05) is 37.7 Å². The van der Waals surface area contributed by atoms with Crippen LogP contribution in [0.3, 0.4) is 0 Å². The summed E-state index contributed by atoms with van der Waals surface area (Å²) < 4.78 is 16.0. The molecule has 1 aromatic carbocycles. The quantitative estimate of drug-likeness (QED) is 0.447. The summed E-state index contributed by atoms with van der Waals surface area (Å²) in [5.41, 5.74) is 3.87. The van der Waals surface area contributed by atoms with E-state index in [2.05, 4.69) is 25.2 Å². The third kappa shape index (κ3) is 4.06. The van der Waals surface area contributed by atoms with Gasteiger partial charge in [-0.3, -0.25) is 14.7 Å². The Kier molecular flexibility index (Phi) is 5.70. The van der Waals surface area contributed by atoms with Gasteiger partial charge in [0.2, 0.25) is 0 Å². The summed E-state index contributed by atoms with van der Waals surface area (Å²) >= 11 is 0. The first-order valence-electron chi connectivity index (χ1n) is 11.6. The zero-order valence-electron chi connectivity index (χ0n) is 20.4. The largest absolute Gasteiger partial charge is 0.465 e. The molecule has 4 heterocycles. The second-order valence-corrected chi connectivity index (χ2v) is 9.28. The molecular weight excluding hydrogens is 465 g/mol. The summed E-state index contributed by atoms with van der Waals surface area (Å²) in [6, 6.07) is 4.27. The van der Waals surface area contributed by atoms with Crippen molar-refractivity contribution in [2.45, 2.75) is 39.8 Å². The molecule has 5 rings (SSSR count). The van der Waals surface area contributed by atoms with E-state index in [1.54, 1.807) is 31.6 Å². The van der Waals surface area contributed by atoms with E-state index in [9.17, 15) is 19.1 Å². The van der Waals surface area contributed by atoms with Crippen LogP contribution >= 0.6 is 0 Å². The van der Waals surface area contributed by atoms with Gasteiger partial charge in [0.05, 0.1) is 40.4 Å². The van der Waals surface area contributed by atoms with E-state index in [1.165, 1.54) is 15.4 Å². The van der Waals surface area contributed by atoms with Crippen LogP contribution in [0.25, 0.3) is 16.7 Å². The van der Waals surface area contributed by atoms with Crippen molar-refractivity contribution in [2.24, 2.45) is 0 Å². The van der Waals surface area contributed by atoms with Crippen LogP contribution in [0.1, 0.15) is 35.6 Å². The Balaban J connectivity index is 1.50. The summed E-state index contributed by atoms with van der Waals surface area (Å²) in [7, 11) is 0. The van der Waals surface area contributed by atoms with Gasteiger partial charge in [-0.2, -0.15) is 0 Å². The third-order valence-electron chi connectivity index (χ3n) is 6.41. The molecule has 11 heteroatoms. The van der Waals surface area contributed by atoms with Crippen molar-refractivity contribution in [1.29, 1.82) is 0 Å². The van der Waals surface area contributed by atoms with Gasteiger partial charge in [-0.05, 0) is 39.8 Å². The number of benzene rings is 1. The Hall–Kier alpha value is -4.28. The number of hydrogen-bond donors (Lipinski definition) is 2. The van der Waals surface area contributed by atoms with Crippen LogP contribution in [0.15, 0.2) is 36.8 Å². The number of aryl methyl sites for hydroxylation is 2. The summed E-state index contributed by atoms with van der Waals surface area (Å²) in [5, 5.41) is 12.3. The van der Waals surface area contributed by atoms with Crippen molar-refractivity contribution in [2.75, 3.05) is 23.3 Å². The predicted octanol–water partition coefficient (Wildman–Crippen LogP) is 3.86. The number of carbonyl (C=O) groups excluding carboxylic acids is 1. The van der Waals surface area contributed by atoms with Crippen molar-refractivity contribution in [3.05, 3.63) is 59.6 Å². The van der Waals surface area contributed by atoms with Crippen molar-refractivity contribution in [1.82, 2.24) is 24.3 Å². The lowest BCUT2D eigenvalue weighted by molar-refractivity contribution is 0.0980. The van der Waals surface area contributed by atoms with Crippen LogP contribution in [0.2, 0.25) is 0 Å². The maximum Gasteiger partial charge on any atom is 0.407 e. The molecule has 1 saturated heterocycles. The number of pyridine rings is 1. The van der Waals surface area contributed by atoms with Crippen LogP contribution in [0.5, 0.6) is 0 Å². The maximum atomic E-state index is 14.5. The number of anilines is 2. The van der Waals surface area contributed by atoms with E-state index >= 15 is 0 Å². The number of nitrogens with one attached hydrogen (secondary N) is 1. The molecule has 2 amide bonds. The number of hydrogen-bond acceptors (Lipinski definition) is 6. The highest BCUT2D eigenvalue weighted by Crippen LogP contribution is 2.31. The zero-order chi connectivity index (χ0) is 25.7. The number of rotatable bonds is 3. The number of nitrogens with zero attached hydrogens (tertiary/aromatic N) is 6. The Morgan fingerprint density at radius 2 is 1.78 bits per heavy atom. The van der Waals surface area contributed by atoms with Crippen molar-refractivity contribution < 1.29 is 19.1 Å². The first-order chi connectivity index (χ1) is 17.1. The molecule has 1 aliphatic heterocycles. The lowest BCUT2D eigenvalue weighted by Gasteiger charge is -2.44. The number of fused-ring (bicyclic) bond motifs is 2. The van der Waals surface area contributed by atoms with Gasteiger partial charge in [0.1, 0.15) is 11.0 Å². The Morgan fingerprint density at radius 3 is 2.47 bits per heavy atom. The van der Waals surface area contributed by atoms with Crippen LogP contribution in [-0.4, -0.2) is 66.5 Å². The number of carbonyl (C=O) groups is 2. The lowest BCUT2D eigenvalue weighted by Crippen LogP contribution is -2.58. The van der Waals surface area contributed by atoms with E-state index in [4.69, 9.17) is 0 Å². The minimum atomic E-state index is -0.942. The van der Waals surface area contributed by atoms with Crippen molar-refractivity contribution in [3.63, 3.8) is 0 Å². The highest BCUT2D eigenvalue weighted by atomic mass is 19.1. The molecule has 0 saturated carbocycles. The number of carboxylic acid groups (broad SMARTS) is 1. The molecule has 0 aliphatic carbocycles. The molecule has 1 aliphatic rings. The summed E-state index contributed by atoms with van der Waals surface area (Å²) in [4.78, 5) is 41.8. The number of aromatic nitrogens is 4. The monoisotopic (exact) mass is 491 g/mol. The fourth-order valence-corrected chi connectivity index (χ4v) is 4.95. The average Bonchev–Trinajstić information content (AvgIpc) is 3.18. The fraction of sp³-hybridized carbons (Fsp3) is 0.320. The van der Waals surface area contributed by atoms with Gasteiger partial charge in [-0.25, -0.2) is 19.2 Å². The maximum absolute atomic E-state index is 14.5. The van der Waals surface area contributed by atoms with Crippen LogP contribution in [0, 0.1) is 19.7 Å². The molecular formula is C25H26FN7O3. The van der Waals surface area contributed by atoms with E-state index in [-0.39, 0.29) is 23.4 Å². The van der Waals surface area contributed by atoms with E-state index < -0.39 is 17.8 Å². The first kappa shape index (κ1) is 23.5. The lowest BCUT2D eigenvalue weighted by atomic mass is 10.1. The van der Waals surface area contributed by atoms with Gasteiger partial charge < -0.3 is 19.7 Å². The smallest absolute Gasteiger partial charge is 0.407 e. The molecule has 0 radical (unpaired) electrons. The van der Waals surface area contributed by atoms with Gasteiger partial charge in [0.25, 0.3) is 5.91 Å². The predicted molar refractivity (Wildman–Crippen MR) is 133 cm³/mol. The second-order valence-electron chi connectivity index (χ2n) is 9.28. The van der Waals surface area contributed by atoms with E-state index in [0.717, 1.165) is 5.69 Å². The van der Waals surface area contributed by atoms with Crippen LogP contribution in [0.4, 0.5) is 20.6 Å². The highest BCUT2D eigenvalue weighted by molar-refractivity contribution is 6.13. The Bertz CT molecular complexity index is 1510. The van der Waals surface area contributed by atoms with Gasteiger partial charge in [0.15, 0.2) is 11.5 Å². The standard InChI is InChI=1S/C25H26FN7O3/c1-13-8-27-21-18(24(34)30-17-7-19(26)23-29-14(2)9-32(23)12-17)5-6-20(22(21)28-13)31-10-15(3)33(25(35)36)16(4)11-31/h5-9,12,15-16H,10-11H2,1-4H3,(H,30,34)(H,35,36). The van der Waals surface area contributed by atoms with Crippen LogP contribution in [-0.2, 0) is 0 Å². The van der Waals surface area contributed by atoms with Gasteiger partial charge >= 0.3 is 6.09 Å². The average molecular weight is 492 g/mol. The molecule has 3 aromatic heterocycles. The molecule has 186 valence electrons. The minimum Gasteiger partial charge on any atom is -0.465 e. The fourth-order valence-electron chi connectivity index (χ4n) is 4.95. The number of imidazole rings is 1. The molecule has 10 nitrogen and oxygen atoms in total. The van der Waals surface area contributed by atoms with E-state index in [0.29, 0.717) is 41.1 Å². The number of amides is 2. The molecule has 2 N–H and O–H groups in total.